The molecule has 0 aliphatic carbocycles. The van der Waals surface area contributed by atoms with Gasteiger partial charge >= 0.3 is 6.18 Å². The van der Waals surface area contributed by atoms with Gasteiger partial charge in [-0.2, -0.15) is 13.2 Å². The summed E-state index contributed by atoms with van der Waals surface area (Å²) in [5.74, 6) is -1.16. The Hall–Kier alpha value is -2.99. The van der Waals surface area contributed by atoms with Crippen LogP contribution in [-0.2, 0) is 10.9 Å². The summed E-state index contributed by atoms with van der Waals surface area (Å²) in [6, 6.07) is 2.41. The number of methoxy groups -OCH3 is 1. The van der Waals surface area contributed by atoms with Crippen LogP contribution in [0.4, 0.5) is 29.2 Å². The summed E-state index contributed by atoms with van der Waals surface area (Å²) < 4.78 is 64.4. The van der Waals surface area contributed by atoms with E-state index in [1.54, 1.807) is 0 Å². The predicted molar refractivity (Wildman–Crippen MR) is 105 cm³/mol. The average molecular weight is 455 g/mol. The van der Waals surface area contributed by atoms with E-state index in [0.717, 1.165) is 6.07 Å². The summed E-state index contributed by atoms with van der Waals surface area (Å²) in [5.41, 5.74) is -0.963. The summed E-state index contributed by atoms with van der Waals surface area (Å²) in [6.07, 6.45) is -2.98. The van der Waals surface area contributed by atoms with Crippen LogP contribution in [0.2, 0.25) is 0 Å². The Bertz CT molecular complexity index is 976. The third-order valence-electron chi connectivity index (χ3n) is 5.35. The van der Waals surface area contributed by atoms with Gasteiger partial charge < -0.3 is 14.4 Å². The van der Waals surface area contributed by atoms with Gasteiger partial charge in [0.2, 0.25) is 5.95 Å². The first-order valence-electron chi connectivity index (χ1n) is 9.96. The standard InChI is InChI=1S/C20H21F4N5O3/c1-31-16-8-13(18(30)28-4-6-32-7-5-28)14(21)9-15(16)29(17-2-3-25-17)19-26-10-12(11-27-19)20(22,23)24/h8-11,17,25H,2-7H2,1H3. The molecule has 2 saturated heterocycles. The molecule has 0 bridgehead atoms. The molecule has 32 heavy (non-hydrogen) atoms. The van der Waals surface area contributed by atoms with Crippen molar-refractivity contribution < 1.29 is 31.8 Å². The number of hydrogen-bond acceptors (Lipinski definition) is 7. The van der Waals surface area contributed by atoms with Gasteiger partial charge in [-0.25, -0.2) is 14.4 Å². The summed E-state index contributed by atoms with van der Waals surface area (Å²) in [5, 5.41) is 3.10. The maximum absolute atomic E-state index is 15.1. The van der Waals surface area contributed by atoms with Crippen molar-refractivity contribution in [3.8, 4) is 5.75 Å². The summed E-state index contributed by atoms with van der Waals surface area (Å²) in [6.45, 7) is 2.10. The molecule has 12 heteroatoms. The molecule has 8 nitrogen and oxygen atoms in total. The lowest BCUT2D eigenvalue weighted by Crippen LogP contribution is -2.53. The lowest BCUT2D eigenvalue weighted by Gasteiger charge is -2.39. The highest BCUT2D eigenvalue weighted by molar-refractivity contribution is 5.96. The molecule has 1 unspecified atom stereocenters. The average Bonchev–Trinajstić information content (AvgIpc) is 2.75. The lowest BCUT2D eigenvalue weighted by atomic mass is 10.1. The molecule has 4 rings (SSSR count). The minimum absolute atomic E-state index is 0.0554. The van der Waals surface area contributed by atoms with Crippen molar-refractivity contribution >= 4 is 17.5 Å². The van der Waals surface area contributed by atoms with Gasteiger partial charge in [-0.15, -0.1) is 0 Å². The topological polar surface area (TPSA) is 79.8 Å². The number of benzene rings is 1. The van der Waals surface area contributed by atoms with Gasteiger partial charge in [0.05, 0.1) is 43.3 Å². The number of amides is 1. The first-order chi connectivity index (χ1) is 15.3. The maximum Gasteiger partial charge on any atom is 0.419 e. The van der Waals surface area contributed by atoms with Crippen molar-refractivity contribution in [3.05, 3.63) is 41.5 Å². The highest BCUT2D eigenvalue weighted by Crippen LogP contribution is 2.38. The Balaban J connectivity index is 1.71. The van der Waals surface area contributed by atoms with Crippen LogP contribution in [0, 0.1) is 5.82 Å². The minimum Gasteiger partial charge on any atom is -0.495 e. The van der Waals surface area contributed by atoms with E-state index < -0.39 is 23.5 Å². The second-order valence-electron chi connectivity index (χ2n) is 7.31. The monoisotopic (exact) mass is 455 g/mol. The second-order valence-corrected chi connectivity index (χ2v) is 7.31. The Labute approximate surface area is 181 Å². The molecule has 0 spiro atoms. The number of nitrogens with one attached hydrogen (secondary N) is 1. The van der Waals surface area contributed by atoms with Crippen LogP contribution in [0.5, 0.6) is 5.75 Å². The number of alkyl halides is 3. The molecule has 0 radical (unpaired) electrons. The first kappa shape index (κ1) is 22.2. The van der Waals surface area contributed by atoms with Crippen LogP contribution in [0.1, 0.15) is 22.3 Å². The lowest BCUT2D eigenvalue weighted by molar-refractivity contribution is -0.138. The number of ether oxygens (including phenoxy) is 2. The molecule has 1 aromatic heterocycles. The molecule has 2 aliphatic rings. The maximum atomic E-state index is 15.1. The fourth-order valence-corrected chi connectivity index (χ4v) is 3.50. The van der Waals surface area contributed by atoms with E-state index >= 15 is 4.39 Å². The number of nitrogens with zero attached hydrogens (tertiary/aromatic N) is 4. The van der Waals surface area contributed by atoms with Gasteiger partial charge in [-0.1, -0.05) is 0 Å². The van der Waals surface area contributed by atoms with Gasteiger partial charge in [-0.3, -0.25) is 15.0 Å². The smallest absolute Gasteiger partial charge is 0.419 e. The SMILES string of the molecule is COc1cc(C(=O)N2CCOCC2)c(F)cc1N(c1ncc(C(F)(F)F)cn1)C1CCN1. The van der Waals surface area contributed by atoms with E-state index in [1.165, 1.54) is 23.0 Å². The number of hydrogen-bond donors (Lipinski definition) is 1. The molecular formula is C20H21F4N5O3. The van der Waals surface area contributed by atoms with Crippen molar-refractivity contribution in [2.45, 2.75) is 18.8 Å². The van der Waals surface area contributed by atoms with Crippen LogP contribution in [0.15, 0.2) is 24.5 Å². The molecule has 172 valence electrons. The highest BCUT2D eigenvalue weighted by Gasteiger charge is 2.34. The molecule has 1 amide bonds. The molecule has 1 atom stereocenters. The number of anilines is 2. The number of morpholine rings is 1. The highest BCUT2D eigenvalue weighted by atomic mass is 19.4. The summed E-state index contributed by atoms with van der Waals surface area (Å²) >= 11 is 0. The molecule has 2 aromatic rings. The predicted octanol–water partition coefficient (Wildman–Crippen LogP) is 2.57. The van der Waals surface area contributed by atoms with E-state index in [-0.39, 0.29) is 29.1 Å². The number of carbonyl (C=O) groups is 1. The fraction of sp³-hybridized carbons (Fsp3) is 0.450. The van der Waals surface area contributed by atoms with E-state index in [0.29, 0.717) is 51.7 Å². The summed E-state index contributed by atoms with van der Waals surface area (Å²) in [4.78, 5) is 23.4. The molecule has 1 aromatic carbocycles. The van der Waals surface area contributed by atoms with E-state index in [9.17, 15) is 18.0 Å². The Morgan fingerprint density at radius 2 is 1.91 bits per heavy atom. The molecule has 1 N–H and O–H groups in total. The van der Waals surface area contributed by atoms with E-state index in [2.05, 4.69) is 15.3 Å². The Morgan fingerprint density at radius 1 is 1.25 bits per heavy atom. The quantitative estimate of drug-likeness (QED) is 0.695. The van der Waals surface area contributed by atoms with Crippen LogP contribution in [0.25, 0.3) is 0 Å². The number of halogens is 4. The van der Waals surface area contributed by atoms with Gasteiger partial charge in [-0.05, 0) is 12.5 Å². The first-order valence-corrected chi connectivity index (χ1v) is 9.96. The van der Waals surface area contributed by atoms with Crippen molar-refractivity contribution in [2.75, 3.05) is 44.9 Å². The van der Waals surface area contributed by atoms with E-state index in [4.69, 9.17) is 9.47 Å². The van der Waals surface area contributed by atoms with Crippen LogP contribution in [0.3, 0.4) is 0 Å². The zero-order valence-corrected chi connectivity index (χ0v) is 17.2. The van der Waals surface area contributed by atoms with E-state index in [1.807, 2.05) is 0 Å². The Kier molecular flexibility index (Phi) is 6.15. The van der Waals surface area contributed by atoms with Crippen molar-refractivity contribution in [2.24, 2.45) is 0 Å². The fourth-order valence-electron chi connectivity index (χ4n) is 3.50. The number of carbonyl (C=O) groups excluding carboxylic acids is 1. The van der Waals surface area contributed by atoms with Crippen molar-refractivity contribution in [1.29, 1.82) is 0 Å². The number of aromatic nitrogens is 2. The summed E-state index contributed by atoms with van der Waals surface area (Å²) in [7, 11) is 1.36. The molecule has 2 aliphatic heterocycles. The van der Waals surface area contributed by atoms with Crippen LogP contribution < -0.4 is 15.0 Å². The van der Waals surface area contributed by atoms with Gasteiger partial charge in [0.25, 0.3) is 5.91 Å². The normalized spacial score (nSPS) is 18.8. The zero-order valence-electron chi connectivity index (χ0n) is 17.2. The van der Waals surface area contributed by atoms with Gasteiger partial charge in [0, 0.05) is 38.1 Å². The third kappa shape index (κ3) is 4.32. The van der Waals surface area contributed by atoms with Crippen LogP contribution >= 0.6 is 0 Å². The zero-order chi connectivity index (χ0) is 22.9. The van der Waals surface area contributed by atoms with Gasteiger partial charge in [0.15, 0.2) is 0 Å². The van der Waals surface area contributed by atoms with Gasteiger partial charge in [0.1, 0.15) is 11.6 Å². The Morgan fingerprint density at radius 3 is 2.44 bits per heavy atom. The minimum atomic E-state index is -4.58. The largest absolute Gasteiger partial charge is 0.495 e. The molecule has 2 fully saturated rings. The molecule has 3 heterocycles. The van der Waals surface area contributed by atoms with Crippen molar-refractivity contribution in [3.63, 3.8) is 0 Å². The second kappa shape index (κ2) is 8.87. The molecule has 0 saturated carbocycles. The third-order valence-corrected chi connectivity index (χ3v) is 5.35. The van der Waals surface area contributed by atoms with Crippen LogP contribution in [-0.4, -0.2) is 66.9 Å². The number of rotatable bonds is 5. The van der Waals surface area contributed by atoms with Crippen molar-refractivity contribution in [1.82, 2.24) is 20.2 Å². The molecular weight excluding hydrogens is 434 g/mol.